The van der Waals surface area contributed by atoms with Gasteiger partial charge in [0.05, 0.1) is 11.2 Å². The second-order valence-electron chi connectivity index (χ2n) is 7.88. The number of hydrogen-bond acceptors (Lipinski definition) is 9. The van der Waals surface area contributed by atoms with E-state index >= 15 is 0 Å². The molecule has 1 aliphatic carbocycles. The highest BCUT2D eigenvalue weighted by Gasteiger charge is 2.31. The molecule has 1 aliphatic heterocycles. The summed E-state index contributed by atoms with van der Waals surface area (Å²) in [5, 5.41) is 23.0. The van der Waals surface area contributed by atoms with Crippen LogP contribution in [0.3, 0.4) is 0 Å². The maximum atomic E-state index is 13.4. The zero-order valence-corrected chi connectivity index (χ0v) is 18.2. The van der Waals surface area contributed by atoms with Gasteiger partial charge in [-0.25, -0.2) is 4.68 Å². The highest BCUT2D eigenvalue weighted by atomic mass is 32.3. The quantitative estimate of drug-likeness (QED) is 0.370. The molecule has 33 heavy (non-hydrogen) atoms. The molecule has 0 saturated heterocycles. The minimum atomic E-state index is -3.72. The van der Waals surface area contributed by atoms with Crippen molar-refractivity contribution in [2.75, 3.05) is 23.9 Å². The molecule has 0 amide bonds. The summed E-state index contributed by atoms with van der Waals surface area (Å²) in [6.07, 6.45) is 2.19. The zero-order chi connectivity index (χ0) is 23.2. The van der Waals surface area contributed by atoms with E-state index < -0.39 is 16.3 Å². The number of para-hydroxylation sites is 1. The van der Waals surface area contributed by atoms with Crippen LogP contribution in [0.1, 0.15) is 18.4 Å². The second kappa shape index (κ2) is 8.00. The van der Waals surface area contributed by atoms with Crippen molar-refractivity contribution in [3.63, 3.8) is 0 Å². The van der Waals surface area contributed by atoms with Crippen LogP contribution in [-0.4, -0.2) is 37.9 Å². The Morgan fingerprint density at radius 1 is 1.27 bits per heavy atom. The van der Waals surface area contributed by atoms with Crippen LogP contribution in [0.4, 0.5) is 5.69 Å². The topological polar surface area (TPSA) is 152 Å². The molecular formula is C22H21N5O5S. The van der Waals surface area contributed by atoms with E-state index in [0.29, 0.717) is 29.1 Å². The summed E-state index contributed by atoms with van der Waals surface area (Å²) < 4.78 is 32.1. The number of fused-ring (bicyclic) bond motifs is 2. The van der Waals surface area contributed by atoms with Crippen LogP contribution in [0, 0.1) is 17.2 Å². The number of anilines is 1. The number of ether oxygens (including phenoxy) is 1. The van der Waals surface area contributed by atoms with Gasteiger partial charge in [-0.2, -0.15) is 5.26 Å². The molecule has 1 aromatic heterocycles. The van der Waals surface area contributed by atoms with Crippen molar-refractivity contribution in [2.45, 2.75) is 17.7 Å². The van der Waals surface area contributed by atoms with Gasteiger partial charge in [0.2, 0.25) is 0 Å². The number of nitrogens with zero attached hydrogens (tertiary/aromatic N) is 3. The summed E-state index contributed by atoms with van der Waals surface area (Å²) in [6.45, 7) is 0.413. The van der Waals surface area contributed by atoms with E-state index in [-0.39, 0.29) is 34.4 Å². The molecule has 5 N–H and O–H groups in total. The van der Waals surface area contributed by atoms with Crippen molar-refractivity contribution < 1.29 is 18.9 Å². The Bertz CT molecular complexity index is 1390. The maximum Gasteiger partial charge on any atom is 0.284 e. The van der Waals surface area contributed by atoms with E-state index in [2.05, 4.69) is 15.1 Å². The highest BCUT2D eigenvalue weighted by molar-refractivity contribution is 8.23. The molecule has 0 radical (unpaired) electrons. The molecule has 2 aliphatic rings. The largest absolute Gasteiger partial charge is 0.506 e. The Morgan fingerprint density at radius 2 is 2.06 bits per heavy atom. The maximum absolute atomic E-state index is 13.4. The van der Waals surface area contributed by atoms with Crippen molar-refractivity contribution >= 4 is 33.2 Å². The standard InChI is InChI=1S/C22H21N5O5S/c23-9-10-32-14-7-8-16-18(11-14)33(30,31)26-21(25-16)19-20(28)15-3-1-2-4-17(15)27(22(19)29)24-12-13-5-6-13/h1-4,7-8,11,13,24,28,30-31H,5-6,10,12H2,(H,25,26). The molecule has 0 atom stereocenters. The molecule has 11 heteroatoms. The predicted molar refractivity (Wildman–Crippen MR) is 126 cm³/mol. The van der Waals surface area contributed by atoms with Crippen molar-refractivity contribution in [1.82, 2.24) is 4.68 Å². The average molecular weight is 468 g/mol. The normalized spacial score (nSPS) is 17.3. The van der Waals surface area contributed by atoms with Crippen LogP contribution < -0.4 is 21.0 Å². The molecule has 2 heterocycles. The van der Waals surface area contributed by atoms with E-state index in [1.54, 1.807) is 30.3 Å². The number of benzene rings is 2. The summed E-state index contributed by atoms with van der Waals surface area (Å²) in [5.74, 6) is 0.313. The first-order valence-electron chi connectivity index (χ1n) is 10.3. The van der Waals surface area contributed by atoms with Crippen LogP contribution in [0.5, 0.6) is 11.5 Å². The molecule has 0 unspecified atom stereocenters. The minimum absolute atomic E-state index is 0.0640. The van der Waals surface area contributed by atoms with Gasteiger partial charge in [0.1, 0.15) is 28.0 Å². The smallest absolute Gasteiger partial charge is 0.284 e. The molecule has 0 bridgehead atoms. The van der Waals surface area contributed by atoms with Gasteiger partial charge in [-0.15, -0.1) is 4.40 Å². The molecule has 2 aromatic carbocycles. The lowest BCUT2D eigenvalue weighted by Gasteiger charge is -2.34. The molecule has 3 aromatic rings. The van der Waals surface area contributed by atoms with Crippen LogP contribution in [0.15, 0.2) is 56.6 Å². The molecule has 170 valence electrons. The van der Waals surface area contributed by atoms with Gasteiger partial charge in [0, 0.05) is 18.0 Å². The third kappa shape index (κ3) is 3.84. The van der Waals surface area contributed by atoms with Gasteiger partial charge >= 0.3 is 0 Å². The van der Waals surface area contributed by atoms with E-state index in [4.69, 9.17) is 10.00 Å². The number of nitriles is 1. The minimum Gasteiger partial charge on any atom is -0.506 e. The van der Waals surface area contributed by atoms with Crippen LogP contribution in [-0.2, 0) is 0 Å². The fourth-order valence-corrected chi connectivity index (χ4v) is 4.89. The summed E-state index contributed by atoms with van der Waals surface area (Å²) in [7, 11) is -3.72. The fraction of sp³-hybridized carbons (Fsp3) is 0.227. The summed E-state index contributed by atoms with van der Waals surface area (Å²) >= 11 is 0. The molecule has 5 rings (SSSR count). The summed E-state index contributed by atoms with van der Waals surface area (Å²) in [4.78, 5) is 13.5. The zero-order valence-electron chi connectivity index (χ0n) is 17.4. The van der Waals surface area contributed by atoms with Gasteiger partial charge < -0.3 is 20.6 Å². The molecule has 0 spiro atoms. The summed E-state index contributed by atoms with van der Waals surface area (Å²) in [6, 6.07) is 13.2. The molecule has 1 saturated carbocycles. The second-order valence-corrected chi connectivity index (χ2v) is 9.54. The van der Waals surface area contributed by atoms with Crippen LogP contribution in [0.2, 0.25) is 0 Å². The van der Waals surface area contributed by atoms with E-state index in [9.17, 15) is 19.0 Å². The van der Waals surface area contributed by atoms with Gasteiger partial charge in [0.15, 0.2) is 12.4 Å². The van der Waals surface area contributed by atoms with Crippen molar-refractivity contribution in [3.05, 3.63) is 58.4 Å². The summed E-state index contributed by atoms with van der Waals surface area (Å²) in [5.41, 5.74) is 3.21. The van der Waals surface area contributed by atoms with Crippen LogP contribution in [0.25, 0.3) is 10.9 Å². The number of nitrogens with one attached hydrogen (secondary N) is 2. The first kappa shape index (κ1) is 21.1. The SMILES string of the molecule is N#CCOc1ccc2c(c1)S(O)(O)N=C(c1c(O)c3ccccc3n(NCC3CC3)c1=O)N2. The Morgan fingerprint density at radius 3 is 2.82 bits per heavy atom. The average Bonchev–Trinajstić information content (AvgIpc) is 3.62. The van der Waals surface area contributed by atoms with Crippen molar-refractivity contribution in [2.24, 2.45) is 10.3 Å². The first-order chi connectivity index (χ1) is 15.9. The molecule has 10 nitrogen and oxygen atoms in total. The van der Waals surface area contributed by atoms with E-state index in [1.807, 2.05) is 6.07 Å². The van der Waals surface area contributed by atoms with Crippen molar-refractivity contribution in [3.8, 4) is 17.6 Å². The molecular weight excluding hydrogens is 446 g/mol. The fourth-order valence-electron chi connectivity index (χ4n) is 3.71. The molecule has 1 fully saturated rings. The van der Waals surface area contributed by atoms with E-state index in [0.717, 1.165) is 12.8 Å². The van der Waals surface area contributed by atoms with E-state index in [1.165, 1.54) is 16.8 Å². The van der Waals surface area contributed by atoms with Gasteiger partial charge in [-0.1, -0.05) is 22.9 Å². The van der Waals surface area contributed by atoms with Gasteiger partial charge in [0.25, 0.3) is 5.56 Å². The number of aromatic nitrogens is 1. The van der Waals surface area contributed by atoms with Gasteiger partial charge in [-0.05, 0) is 43.0 Å². The predicted octanol–water partition coefficient (Wildman–Crippen LogP) is 3.46. The Hall–Kier alpha value is -3.72. The van der Waals surface area contributed by atoms with Gasteiger partial charge in [-0.3, -0.25) is 13.9 Å². The third-order valence-corrected chi connectivity index (χ3v) is 6.91. The number of hydrogen-bond donors (Lipinski definition) is 5. The van der Waals surface area contributed by atoms with Crippen LogP contribution >= 0.6 is 10.8 Å². The Labute approximate surface area is 190 Å². The number of amidine groups is 1. The number of rotatable bonds is 6. The lowest BCUT2D eigenvalue weighted by Crippen LogP contribution is -2.36. The first-order valence-corrected chi connectivity index (χ1v) is 11.8. The lowest BCUT2D eigenvalue weighted by atomic mass is 10.1. The van der Waals surface area contributed by atoms with Crippen molar-refractivity contribution in [1.29, 1.82) is 5.26 Å². The lowest BCUT2D eigenvalue weighted by molar-refractivity contribution is 0.367. The third-order valence-electron chi connectivity index (χ3n) is 5.55. The monoisotopic (exact) mass is 467 g/mol. The Kier molecular flexibility index (Phi) is 5.13. The highest BCUT2D eigenvalue weighted by Crippen LogP contribution is 2.56. The Balaban J connectivity index is 1.62. The number of pyridine rings is 1. The number of aromatic hydroxyl groups is 1.